The summed E-state index contributed by atoms with van der Waals surface area (Å²) in [5.41, 5.74) is 2.82. The highest BCUT2D eigenvalue weighted by molar-refractivity contribution is 5.13. The molecule has 3 heteroatoms. The lowest BCUT2D eigenvalue weighted by molar-refractivity contribution is 0.373. The third kappa shape index (κ3) is 1.76. The van der Waals surface area contributed by atoms with Crippen molar-refractivity contribution in [3.05, 3.63) is 23.7 Å². The topological polar surface area (TPSA) is 51.2 Å². The van der Waals surface area contributed by atoms with Crippen molar-refractivity contribution in [3.63, 3.8) is 0 Å². The predicted octanol–water partition coefficient (Wildman–Crippen LogP) is 1.76. The highest BCUT2D eigenvalue weighted by Gasteiger charge is 2.33. The van der Waals surface area contributed by atoms with Crippen molar-refractivity contribution in [2.24, 2.45) is 11.8 Å². The summed E-state index contributed by atoms with van der Waals surface area (Å²) in [7, 11) is 0. The van der Waals surface area contributed by atoms with Crippen LogP contribution in [0.1, 0.15) is 37.3 Å². The minimum atomic E-state index is 0.222. The maximum absolute atomic E-state index is 5.64. The molecule has 1 aromatic heterocycles. The summed E-state index contributed by atoms with van der Waals surface area (Å²) in [5, 5.41) is 0. The third-order valence-corrected chi connectivity index (χ3v) is 2.61. The third-order valence-electron chi connectivity index (χ3n) is 2.61. The zero-order valence-corrected chi connectivity index (χ0v) is 7.92. The molecule has 1 unspecified atom stereocenters. The Labute approximate surface area is 78.3 Å². The van der Waals surface area contributed by atoms with Crippen LogP contribution in [0.15, 0.2) is 16.5 Å². The highest BCUT2D eigenvalue weighted by Crippen LogP contribution is 2.40. The van der Waals surface area contributed by atoms with E-state index in [0.717, 1.165) is 17.9 Å². The van der Waals surface area contributed by atoms with Gasteiger partial charge in [-0.25, -0.2) is 5.43 Å². The van der Waals surface area contributed by atoms with Crippen LogP contribution >= 0.6 is 0 Å². The maximum atomic E-state index is 5.64. The molecule has 1 atom stereocenters. The largest absolute Gasteiger partial charge is 0.464 e. The first-order chi connectivity index (χ1) is 6.35. The van der Waals surface area contributed by atoms with Crippen LogP contribution in [0.25, 0.3) is 0 Å². The summed E-state index contributed by atoms with van der Waals surface area (Å²) in [6, 6.07) is 4.28. The standard InChI is InChI=1S/C10H16N2O/c1-2-8-5-6-9(13-8)10(12-11)7-3-4-7/h5-7,10,12H,2-4,11H2,1H3. The average molecular weight is 180 g/mol. The van der Waals surface area contributed by atoms with Gasteiger partial charge in [0.25, 0.3) is 0 Å². The van der Waals surface area contributed by atoms with Gasteiger partial charge < -0.3 is 4.42 Å². The molecule has 1 aromatic rings. The second-order valence-corrected chi connectivity index (χ2v) is 3.64. The Balaban J connectivity index is 2.12. The Morgan fingerprint density at radius 1 is 1.62 bits per heavy atom. The molecule has 0 amide bonds. The zero-order valence-electron chi connectivity index (χ0n) is 7.92. The Hall–Kier alpha value is -0.800. The second kappa shape index (κ2) is 3.52. The summed E-state index contributed by atoms with van der Waals surface area (Å²) in [4.78, 5) is 0. The van der Waals surface area contributed by atoms with Gasteiger partial charge in [-0.05, 0) is 30.9 Å². The number of hydrazine groups is 1. The normalized spacial score (nSPS) is 18.9. The minimum absolute atomic E-state index is 0.222. The van der Waals surface area contributed by atoms with Crippen molar-refractivity contribution in [2.45, 2.75) is 32.2 Å². The van der Waals surface area contributed by atoms with E-state index >= 15 is 0 Å². The first-order valence-corrected chi connectivity index (χ1v) is 4.90. The van der Waals surface area contributed by atoms with Gasteiger partial charge in [0.2, 0.25) is 0 Å². The first kappa shape index (κ1) is 8.78. The molecule has 0 bridgehead atoms. The first-order valence-electron chi connectivity index (χ1n) is 4.90. The van der Waals surface area contributed by atoms with E-state index in [1.807, 2.05) is 12.1 Å². The minimum Gasteiger partial charge on any atom is -0.464 e. The molecule has 1 heterocycles. The maximum Gasteiger partial charge on any atom is 0.122 e. The van der Waals surface area contributed by atoms with Crippen LogP contribution in [0.5, 0.6) is 0 Å². The number of hydrogen-bond acceptors (Lipinski definition) is 3. The zero-order chi connectivity index (χ0) is 9.26. The number of hydrogen-bond donors (Lipinski definition) is 2. The molecule has 3 nitrogen and oxygen atoms in total. The molecule has 13 heavy (non-hydrogen) atoms. The van der Waals surface area contributed by atoms with Gasteiger partial charge in [-0.15, -0.1) is 0 Å². The van der Waals surface area contributed by atoms with Crippen LogP contribution in [0.3, 0.4) is 0 Å². The number of furan rings is 1. The van der Waals surface area contributed by atoms with E-state index < -0.39 is 0 Å². The lowest BCUT2D eigenvalue weighted by atomic mass is 10.1. The monoisotopic (exact) mass is 180 g/mol. The fourth-order valence-corrected chi connectivity index (χ4v) is 1.63. The van der Waals surface area contributed by atoms with Gasteiger partial charge >= 0.3 is 0 Å². The summed E-state index contributed by atoms with van der Waals surface area (Å²) >= 11 is 0. The molecule has 0 saturated heterocycles. The van der Waals surface area contributed by atoms with Gasteiger partial charge in [0.05, 0.1) is 6.04 Å². The smallest absolute Gasteiger partial charge is 0.122 e. The van der Waals surface area contributed by atoms with Gasteiger partial charge in [-0.2, -0.15) is 0 Å². The van der Waals surface area contributed by atoms with Gasteiger partial charge in [-0.3, -0.25) is 5.84 Å². The quantitative estimate of drug-likeness (QED) is 0.548. The second-order valence-electron chi connectivity index (χ2n) is 3.64. The van der Waals surface area contributed by atoms with E-state index in [4.69, 9.17) is 10.3 Å². The van der Waals surface area contributed by atoms with Gasteiger partial charge in [0.1, 0.15) is 11.5 Å². The van der Waals surface area contributed by atoms with Gasteiger partial charge in [0.15, 0.2) is 0 Å². The molecular formula is C10H16N2O. The highest BCUT2D eigenvalue weighted by atomic mass is 16.3. The van der Waals surface area contributed by atoms with E-state index in [-0.39, 0.29) is 6.04 Å². The Morgan fingerprint density at radius 2 is 2.38 bits per heavy atom. The summed E-state index contributed by atoms with van der Waals surface area (Å²) in [6.45, 7) is 2.09. The van der Waals surface area contributed by atoms with Crippen LogP contribution in [-0.4, -0.2) is 0 Å². The molecule has 0 radical (unpaired) electrons. The number of aryl methyl sites for hydroxylation is 1. The van der Waals surface area contributed by atoms with Crippen LogP contribution in [0.4, 0.5) is 0 Å². The van der Waals surface area contributed by atoms with Crippen LogP contribution in [0.2, 0.25) is 0 Å². The summed E-state index contributed by atoms with van der Waals surface area (Å²) < 4.78 is 5.64. The Morgan fingerprint density at radius 3 is 2.85 bits per heavy atom. The van der Waals surface area contributed by atoms with E-state index in [2.05, 4.69) is 12.3 Å². The lowest BCUT2D eigenvalue weighted by Crippen LogP contribution is -2.29. The molecule has 3 N–H and O–H groups in total. The summed E-state index contributed by atoms with van der Waals surface area (Å²) in [6.07, 6.45) is 3.47. The molecule has 72 valence electrons. The molecule has 0 aromatic carbocycles. The van der Waals surface area contributed by atoms with Crippen molar-refractivity contribution in [1.29, 1.82) is 0 Å². The van der Waals surface area contributed by atoms with Crippen LogP contribution < -0.4 is 11.3 Å². The van der Waals surface area contributed by atoms with Crippen molar-refractivity contribution in [2.75, 3.05) is 0 Å². The van der Waals surface area contributed by atoms with E-state index in [1.165, 1.54) is 12.8 Å². The molecule has 1 fully saturated rings. The van der Waals surface area contributed by atoms with Crippen molar-refractivity contribution in [3.8, 4) is 0 Å². The molecule has 2 rings (SSSR count). The van der Waals surface area contributed by atoms with Crippen LogP contribution in [-0.2, 0) is 6.42 Å². The van der Waals surface area contributed by atoms with E-state index in [0.29, 0.717) is 5.92 Å². The molecule has 0 spiro atoms. The van der Waals surface area contributed by atoms with E-state index in [9.17, 15) is 0 Å². The number of rotatable bonds is 4. The van der Waals surface area contributed by atoms with Crippen molar-refractivity contribution < 1.29 is 4.42 Å². The lowest BCUT2D eigenvalue weighted by Gasteiger charge is -2.11. The number of nitrogens with one attached hydrogen (secondary N) is 1. The van der Waals surface area contributed by atoms with Gasteiger partial charge in [-0.1, -0.05) is 6.92 Å². The summed E-state index contributed by atoms with van der Waals surface area (Å²) in [5.74, 6) is 8.19. The fraction of sp³-hybridized carbons (Fsp3) is 0.600. The molecule has 1 aliphatic rings. The molecule has 0 aliphatic heterocycles. The molecular weight excluding hydrogens is 164 g/mol. The van der Waals surface area contributed by atoms with Crippen molar-refractivity contribution >= 4 is 0 Å². The fourth-order valence-electron chi connectivity index (χ4n) is 1.63. The van der Waals surface area contributed by atoms with E-state index in [1.54, 1.807) is 0 Å². The Kier molecular flexibility index (Phi) is 2.38. The van der Waals surface area contributed by atoms with Crippen molar-refractivity contribution in [1.82, 2.24) is 5.43 Å². The van der Waals surface area contributed by atoms with Crippen LogP contribution in [0, 0.1) is 5.92 Å². The Bertz CT molecular complexity index is 278. The SMILES string of the molecule is CCc1ccc(C(NN)C2CC2)o1. The van der Waals surface area contributed by atoms with Gasteiger partial charge in [0, 0.05) is 6.42 Å². The predicted molar refractivity (Wildman–Crippen MR) is 50.9 cm³/mol. The molecule has 1 aliphatic carbocycles. The molecule has 1 saturated carbocycles. The average Bonchev–Trinajstić information content (AvgIpc) is 2.85. The number of nitrogens with two attached hydrogens (primary N) is 1.